The first kappa shape index (κ1) is 13.8. The van der Waals surface area contributed by atoms with E-state index in [4.69, 9.17) is 5.26 Å². The zero-order valence-electron chi connectivity index (χ0n) is 11.1. The molecule has 1 fully saturated rings. The summed E-state index contributed by atoms with van der Waals surface area (Å²) in [5.41, 5.74) is -0.282. The molecule has 0 bridgehead atoms. The van der Waals surface area contributed by atoms with Gasteiger partial charge in [0.15, 0.2) is 0 Å². The number of nitrogens with zero attached hydrogens (tertiary/aromatic N) is 1. The number of benzene rings is 1. The second-order valence-electron chi connectivity index (χ2n) is 5.53. The fraction of sp³-hybridized carbons (Fsp3) is 0.533. The van der Waals surface area contributed by atoms with Crippen LogP contribution in [0.15, 0.2) is 18.2 Å². The zero-order chi connectivity index (χ0) is 13.9. The van der Waals surface area contributed by atoms with Crippen molar-refractivity contribution in [1.82, 2.24) is 0 Å². The number of hydrogen-bond acceptors (Lipinski definition) is 3. The highest BCUT2D eigenvalue weighted by Gasteiger charge is 2.31. The maximum Gasteiger partial charge on any atom is 0.143 e. The Morgan fingerprint density at radius 1 is 1.47 bits per heavy atom. The quantitative estimate of drug-likeness (QED) is 0.880. The molecular weight excluding hydrogens is 243 g/mol. The van der Waals surface area contributed by atoms with E-state index >= 15 is 0 Å². The molecule has 19 heavy (non-hydrogen) atoms. The molecule has 4 heteroatoms. The van der Waals surface area contributed by atoms with Crippen molar-refractivity contribution in [2.45, 2.75) is 38.2 Å². The van der Waals surface area contributed by atoms with Gasteiger partial charge in [-0.25, -0.2) is 4.39 Å². The number of anilines is 1. The Kier molecular flexibility index (Phi) is 4.06. The molecule has 0 amide bonds. The van der Waals surface area contributed by atoms with Crippen LogP contribution in [0.25, 0.3) is 0 Å². The molecule has 0 atom stereocenters. The van der Waals surface area contributed by atoms with Crippen LogP contribution in [0.4, 0.5) is 10.1 Å². The molecule has 1 aromatic carbocycles. The largest absolute Gasteiger partial charge is 0.388 e. The van der Waals surface area contributed by atoms with Gasteiger partial charge in [-0.3, -0.25) is 0 Å². The van der Waals surface area contributed by atoms with E-state index in [0.29, 0.717) is 18.2 Å². The van der Waals surface area contributed by atoms with E-state index in [0.717, 1.165) is 25.7 Å². The first-order valence-electron chi connectivity index (χ1n) is 6.69. The van der Waals surface area contributed by atoms with Crippen LogP contribution in [0.2, 0.25) is 0 Å². The molecule has 102 valence electrons. The maximum absolute atomic E-state index is 13.4. The number of halogens is 1. The highest BCUT2D eigenvalue weighted by atomic mass is 19.1. The maximum atomic E-state index is 13.4. The third kappa shape index (κ3) is 3.24. The predicted octanol–water partition coefficient (Wildman–Crippen LogP) is 3.05. The molecule has 2 N–H and O–H groups in total. The number of nitriles is 1. The molecule has 1 aromatic rings. The zero-order valence-corrected chi connectivity index (χ0v) is 11.1. The van der Waals surface area contributed by atoms with Crippen molar-refractivity contribution in [3.8, 4) is 6.07 Å². The van der Waals surface area contributed by atoms with E-state index < -0.39 is 11.4 Å². The van der Waals surface area contributed by atoms with E-state index in [1.165, 1.54) is 6.07 Å². The van der Waals surface area contributed by atoms with Gasteiger partial charge in [0.2, 0.25) is 0 Å². The summed E-state index contributed by atoms with van der Waals surface area (Å²) >= 11 is 0. The Morgan fingerprint density at radius 3 is 2.79 bits per heavy atom. The summed E-state index contributed by atoms with van der Waals surface area (Å²) in [4.78, 5) is 0. The molecule has 0 unspecified atom stereocenters. The summed E-state index contributed by atoms with van der Waals surface area (Å²) in [7, 11) is 0. The minimum Gasteiger partial charge on any atom is -0.388 e. The van der Waals surface area contributed by atoms with E-state index in [9.17, 15) is 9.50 Å². The molecule has 0 spiro atoms. The lowest BCUT2D eigenvalue weighted by molar-refractivity contribution is 0.00500. The van der Waals surface area contributed by atoms with Crippen molar-refractivity contribution >= 4 is 5.69 Å². The smallest absolute Gasteiger partial charge is 0.143 e. The Labute approximate surface area is 113 Å². The van der Waals surface area contributed by atoms with Gasteiger partial charge in [0.25, 0.3) is 0 Å². The molecular formula is C15H19FN2O. The molecule has 3 nitrogen and oxygen atoms in total. The van der Waals surface area contributed by atoms with Crippen molar-refractivity contribution < 1.29 is 9.50 Å². The van der Waals surface area contributed by atoms with Crippen molar-refractivity contribution in [1.29, 1.82) is 5.26 Å². The SMILES string of the molecule is CC1CCC(O)(CNc2cccc(F)c2C#N)CC1. The number of aliphatic hydroxyl groups is 1. The van der Waals surface area contributed by atoms with E-state index in [1.54, 1.807) is 12.1 Å². The number of hydrogen-bond donors (Lipinski definition) is 2. The van der Waals surface area contributed by atoms with Crippen LogP contribution in [-0.4, -0.2) is 17.3 Å². The van der Waals surface area contributed by atoms with Gasteiger partial charge < -0.3 is 10.4 Å². The minimum absolute atomic E-state index is 0.00952. The van der Waals surface area contributed by atoms with Gasteiger partial charge in [0, 0.05) is 6.54 Å². The topological polar surface area (TPSA) is 56.0 Å². The molecule has 0 aliphatic heterocycles. The summed E-state index contributed by atoms with van der Waals surface area (Å²) < 4.78 is 13.4. The normalized spacial score (nSPS) is 26.7. The lowest BCUT2D eigenvalue weighted by Crippen LogP contribution is -2.40. The fourth-order valence-corrected chi connectivity index (χ4v) is 2.52. The first-order valence-corrected chi connectivity index (χ1v) is 6.69. The van der Waals surface area contributed by atoms with Crippen LogP contribution in [-0.2, 0) is 0 Å². The van der Waals surface area contributed by atoms with Gasteiger partial charge in [-0.2, -0.15) is 5.26 Å². The van der Waals surface area contributed by atoms with Gasteiger partial charge in [-0.15, -0.1) is 0 Å². The first-order chi connectivity index (χ1) is 9.04. The van der Waals surface area contributed by atoms with Crippen LogP contribution in [0.1, 0.15) is 38.2 Å². The molecule has 2 rings (SSSR count). The molecule has 0 aromatic heterocycles. The fourth-order valence-electron chi connectivity index (χ4n) is 2.52. The monoisotopic (exact) mass is 262 g/mol. The predicted molar refractivity (Wildman–Crippen MR) is 72.2 cm³/mol. The summed E-state index contributed by atoms with van der Waals surface area (Å²) in [5, 5.41) is 22.4. The molecule has 0 heterocycles. The van der Waals surface area contributed by atoms with Gasteiger partial charge in [0.1, 0.15) is 17.4 Å². The summed E-state index contributed by atoms with van der Waals surface area (Å²) in [6.07, 6.45) is 3.51. The summed E-state index contributed by atoms with van der Waals surface area (Å²) in [5.74, 6) is 0.126. The van der Waals surface area contributed by atoms with Crippen LogP contribution < -0.4 is 5.32 Å². The highest BCUT2D eigenvalue weighted by Crippen LogP contribution is 2.32. The highest BCUT2D eigenvalue weighted by molar-refractivity contribution is 5.58. The summed E-state index contributed by atoms with van der Waals surface area (Å²) in [6, 6.07) is 6.34. The molecule has 0 saturated heterocycles. The minimum atomic E-state index is -0.744. The Bertz CT molecular complexity index is 487. The van der Waals surface area contributed by atoms with Crippen LogP contribution in [0.3, 0.4) is 0 Å². The second-order valence-corrected chi connectivity index (χ2v) is 5.53. The van der Waals surface area contributed by atoms with E-state index in [1.807, 2.05) is 6.07 Å². The van der Waals surface area contributed by atoms with E-state index in [2.05, 4.69) is 12.2 Å². The standard InChI is InChI=1S/C15H19FN2O/c1-11-5-7-15(19,8-6-11)10-18-14-4-2-3-13(16)12(14)9-17/h2-4,11,18-19H,5-8,10H2,1H3. The Morgan fingerprint density at radius 2 is 2.16 bits per heavy atom. The number of nitrogens with one attached hydrogen (secondary N) is 1. The van der Waals surface area contributed by atoms with Gasteiger partial charge in [-0.1, -0.05) is 13.0 Å². The van der Waals surface area contributed by atoms with Gasteiger partial charge >= 0.3 is 0 Å². The van der Waals surface area contributed by atoms with Crippen LogP contribution in [0.5, 0.6) is 0 Å². The average Bonchev–Trinajstić information content (AvgIpc) is 2.40. The van der Waals surface area contributed by atoms with Crippen molar-refractivity contribution in [2.24, 2.45) is 5.92 Å². The van der Waals surface area contributed by atoms with Gasteiger partial charge in [0.05, 0.1) is 11.3 Å². The lowest BCUT2D eigenvalue weighted by Gasteiger charge is -2.35. The Balaban J connectivity index is 2.03. The van der Waals surface area contributed by atoms with Crippen molar-refractivity contribution in [2.75, 3.05) is 11.9 Å². The lowest BCUT2D eigenvalue weighted by atomic mass is 9.79. The third-order valence-electron chi connectivity index (χ3n) is 3.94. The molecule has 1 aliphatic rings. The van der Waals surface area contributed by atoms with Crippen molar-refractivity contribution in [3.63, 3.8) is 0 Å². The number of rotatable bonds is 3. The van der Waals surface area contributed by atoms with E-state index in [-0.39, 0.29) is 5.56 Å². The van der Waals surface area contributed by atoms with Crippen molar-refractivity contribution in [3.05, 3.63) is 29.6 Å². The Hall–Kier alpha value is -1.60. The molecule has 1 saturated carbocycles. The summed E-state index contributed by atoms with van der Waals surface area (Å²) in [6.45, 7) is 2.55. The second kappa shape index (κ2) is 5.58. The average molecular weight is 262 g/mol. The van der Waals surface area contributed by atoms with Crippen LogP contribution >= 0.6 is 0 Å². The van der Waals surface area contributed by atoms with Crippen LogP contribution in [0, 0.1) is 23.1 Å². The molecule has 1 aliphatic carbocycles. The van der Waals surface area contributed by atoms with Gasteiger partial charge in [-0.05, 0) is 43.7 Å². The third-order valence-corrected chi connectivity index (χ3v) is 3.94. The molecule has 0 radical (unpaired) electrons.